The van der Waals surface area contributed by atoms with Crippen LogP contribution in [0.1, 0.15) is 12.5 Å². The number of rotatable bonds is 7. The number of quaternary nitrogens is 1. The van der Waals surface area contributed by atoms with Gasteiger partial charge in [-0.25, -0.2) is 4.79 Å². The number of aliphatic hydroxyl groups is 1. The van der Waals surface area contributed by atoms with Crippen LogP contribution in [0.4, 0.5) is 0 Å². The van der Waals surface area contributed by atoms with Crippen LogP contribution in [0.25, 0.3) is 0 Å². The van der Waals surface area contributed by atoms with Crippen molar-refractivity contribution in [2.75, 3.05) is 27.2 Å². The second-order valence-corrected chi connectivity index (χ2v) is 5.79. The van der Waals surface area contributed by atoms with Gasteiger partial charge in [-0.1, -0.05) is 36.9 Å². The highest BCUT2D eigenvalue weighted by Gasteiger charge is 2.22. The third kappa shape index (κ3) is 5.99. The number of nitrogens with zero attached hydrogens (tertiary/aromatic N) is 1. The monoisotopic (exact) mass is 278 g/mol. The summed E-state index contributed by atoms with van der Waals surface area (Å²) in [6, 6.07) is 10.1. The van der Waals surface area contributed by atoms with E-state index in [0.717, 1.165) is 6.54 Å². The van der Waals surface area contributed by atoms with Crippen LogP contribution >= 0.6 is 0 Å². The zero-order chi connectivity index (χ0) is 15.2. The molecule has 0 amide bonds. The third-order valence-electron chi connectivity index (χ3n) is 2.91. The quantitative estimate of drug-likeness (QED) is 0.469. The molecule has 0 spiro atoms. The smallest absolute Gasteiger partial charge is 0.333 e. The largest absolute Gasteiger partial charge is 0.459 e. The molecule has 0 saturated heterocycles. The molecule has 1 N–H and O–H groups in total. The van der Waals surface area contributed by atoms with Gasteiger partial charge >= 0.3 is 5.97 Å². The molecule has 0 saturated carbocycles. The minimum absolute atomic E-state index is 0.00215. The SMILES string of the molecule is C=C(C)C(=O)OCC(O)C[N+](C)(C)Cc1ccccc1. The number of carbonyl (C=O) groups excluding carboxylic acids is 1. The van der Waals surface area contributed by atoms with E-state index in [2.05, 4.69) is 18.7 Å². The predicted molar refractivity (Wildman–Crippen MR) is 78.9 cm³/mol. The standard InChI is InChI=1S/C16H24NO3/c1-13(2)16(19)20-12-15(18)11-17(3,4)10-14-8-6-5-7-9-14/h5-9,15,18H,1,10-12H2,2-4H3/q+1. The van der Waals surface area contributed by atoms with Gasteiger partial charge in [0.15, 0.2) is 0 Å². The Balaban J connectivity index is 2.45. The van der Waals surface area contributed by atoms with Crippen LogP contribution in [-0.2, 0) is 16.1 Å². The lowest BCUT2D eigenvalue weighted by Crippen LogP contribution is -2.46. The molecule has 1 atom stereocenters. The van der Waals surface area contributed by atoms with E-state index in [4.69, 9.17) is 4.74 Å². The Labute approximate surface area is 120 Å². The number of hydrogen-bond donors (Lipinski definition) is 1. The fourth-order valence-electron chi connectivity index (χ4n) is 2.06. The Kier molecular flexibility index (Phi) is 5.92. The van der Waals surface area contributed by atoms with Crippen molar-refractivity contribution in [3.8, 4) is 0 Å². The minimum atomic E-state index is -0.683. The fraction of sp³-hybridized carbons (Fsp3) is 0.438. The molecule has 1 aromatic carbocycles. The number of esters is 1. The molecular formula is C16H24NO3+. The molecule has 0 aliphatic carbocycles. The second kappa shape index (κ2) is 7.22. The molecule has 0 radical (unpaired) electrons. The van der Waals surface area contributed by atoms with Crippen molar-refractivity contribution < 1.29 is 19.1 Å². The lowest BCUT2D eigenvalue weighted by Gasteiger charge is -2.31. The molecule has 20 heavy (non-hydrogen) atoms. The van der Waals surface area contributed by atoms with Gasteiger partial charge in [-0.15, -0.1) is 0 Å². The van der Waals surface area contributed by atoms with Crippen LogP contribution in [0.2, 0.25) is 0 Å². The average molecular weight is 278 g/mol. The van der Waals surface area contributed by atoms with E-state index >= 15 is 0 Å². The van der Waals surface area contributed by atoms with Crippen LogP contribution in [-0.4, -0.2) is 48.9 Å². The normalized spacial score (nSPS) is 12.8. The highest BCUT2D eigenvalue weighted by molar-refractivity contribution is 5.86. The van der Waals surface area contributed by atoms with Gasteiger partial charge in [0, 0.05) is 11.1 Å². The van der Waals surface area contributed by atoms with E-state index in [-0.39, 0.29) is 6.61 Å². The molecule has 0 heterocycles. The summed E-state index contributed by atoms with van der Waals surface area (Å²) >= 11 is 0. The number of benzene rings is 1. The lowest BCUT2D eigenvalue weighted by atomic mass is 10.2. The Morgan fingerprint density at radius 3 is 2.50 bits per heavy atom. The molecule has 110 valence electrons. The van der Waals surface area contributed by atoms with Crippen LogP contribution < -0.4 is 0 Å². The number of aliphatic hydroxyl groups excluding tert-OH is 1. The summed E-state index contributed by atoms with van der Waals surface area (Å²) in [6.07, 6.45) is -0.683. The summed E-state index contributed by atoms with van der Waals surface area (Å²) < 4.78 is 5.58. The summed E-state index contributed by atoms with van der Waals surface area (Å²) in [5.41, 5.74) is 1.55. The Bertz CT molecular complexity index is 454. The highest BCUT2D eigenvalue weighted by Crippen LogP contribution is 2.10. The van der Waals surface area contributed by atoms with Crippen LogP contribution in [0.15, 0.2) is 42.5 Å². The first-order valence-electron chi connectivity index (χ1n) is 6.67. The molecule has 1 aromatic rings. The first-order chi connectivity index (χ1) is 9.30. The molecule has 0 aromatic heterocycles. The number of ether oxygens (including phenoxy) is 1. The van der Waals surface area contributed by atoms with Gasteiger partial charge in [0.1, 0.15) is 25.8 Å². The van der Waals surface area contributed by atoms with Crippen molar-refractivity contribution in [3.63, 3.8) is 0 Å². The maximum atomic E-state index is 11.3. The maximum Gasteiger partial charge on any atom is 0.333 e. The number of likely N-dealkylation sites (N-methyl/N-ethyl adjacent to an activating group) is 1. The van der Waals surface area contributed by atoms with Gasteiger partial charge < -0.3 is 14.3 Å². The van der Waals surface area contributed by atoms with E-state index in [1.54, 1.807) is 6.92 Å². The van der Waals surface area contributed by atoms with E-state index in [1.807, 2.05) is 32.3 Å². The zero-order valence-corrected chi connectivity index (χ0v) is 12.5. The van der Waals surface area contributed by atoms with Gasteiger partial charge in [-0.05, 0) is 6.92 Å². The summed E-state index contributed by atoms with van der Waals surface area (Å²) in [5, 5.41) is 9.97. The Hall–Kier alpha value is -1.65. The van der Waals surface area contributed by atoms with Crippen molar-refractivity contribution >= 4 is 5.97 Å². The molecule has 0 aliphatic rings. The summed E-state index contributed by atoms with van der Waals surface area (Å²) in [7, 11) is 4.08. The molecule has 1 rings (SSSR count). The van der Waals surface area contributed by atoms with E-state index < -0.39 is 12.1 Å². The number of carbonyl (C=O) groups is 1. The number of hydrogen-bond acceptors (Lipinski definition) is 3. The van der Waals surface area contributed by atoms with Gasteiger partial charge in [-0.3, -0.25) is 0 Å². The highest BCUT2D eigenvalue weighted by atomic mass is 16.5. The van der Waals surface area contributed by atoms with Gasteiger partial charge in [0.25, 0.3) is 0 Å². The van der Waals surface area contributed by atoms with Crippen molar-refractivity contribution in [1.29, 1.82) is 0 Å². The van der Waals surface area contributed by atoms with Gasteiger partial charge in [0.05, 0.1) is 14.1 Å². The molecule has 0 fully saturated rings. The molecule has 4 heteroatoms. The zero-order valence-electron chi connectivity index (χ0n) is 12.5. The lowest BCUT2D eigenvalue weighted by molar-refractivity contribution is -0.906. The van der Waals surface area contributed by atoms with Crippen LogP contribution in [0.3, 0.4) is 0 Å². The first-order valence-corrected chi connectivity index (χ1v) is 6.67. The fourth-order valence-corrected chi connectivity index (χ4v) is 2.06. The van der Waals surface area contributed by atoms with Crippen LogP contribution in [0.5, 0.6) is 0 Å². The van der Waals surface area contributed by atoms with Crippen molar-refractivity contribution in [2.45, 2.75) is 19.6 Å². The van der Waals surface area contributed by atoms with Crippen molar-refractivity contribution in [1.82, 2.24) is 0 Å². The average Bonchev–Trinajstić information content (AvgIpc) is 2.35. The molecule has 1 unspecified atom stereocenters. The van der Waals surface area contributed by atoms with Crippen LogP contribution in [0, 0.1) is 0 Å². The topological polar surface area (TPSA) is 46.5 Å². The minimum Gasteiger partial charge on any atom is -0.459 e. The summed E-state index contributed by atoms with van der Waals surface area (Å²) in [6.45, 7) is 6.42. The first kappa shape index (κ1) is 16.4. The second-order valence-electron chi connectivity index (χ2n) is 5.79. The summed E-state index contributed by atoms with van der Waals surface area (Å²) in [5.74, 6) is -0.461. The van der Waals surface area contributed by atoms with Gasteiger partial charge in [-0.2, -0.15) is 0 Å². The van der Waals surface area contributed by atoms with Gasteiger partial charge in [0.2, 0.25) is 0 Å². The predicted octanol–water partition coefficient (Wildman–Crippen LogP) is 1.74. The molecule has 0 bridgehead atoms. The van der Waals surface area contributed by atoms with E-state index in [1.165, 1.54) is 5.56 Å². The Morgan fingerprint density at radius 2 is 1.95 bits per heavy atom. The van der Waals surface area contributed by atoms with E-state index in [9.17, 15) is 9.90 Å². The molecule has 0 aliphatic heterocycles. The summed E-state index contributed by atoms with van der Waals surface area (Å²) in [4.78, 5) is 11.3. The van der Waals surface area contributed by atoms with Crippen molar-refractivity contribution in [3.05, 3.63) is 48.0 Å². The molecule has 4 nitrogen and oxygen atoms in total. The maximum absolute atomic E-state index is 11.3. The third-order valence-corrected chi connectivity index (χ3v) is 2.91. The van der Waals surface area contributed by atoms with E-state index in [0.29, 0.717) is 16.6 Å². The molecular weight excluding hydrogens is 254 g/mol. The van der Waals surface area contributed by atoms with Crippen molar-refractivity contribution in [2.24, 2.45) is 0 Å². The Morgan fingerprint density at radius 1 is 1.35 bits per heavy atom.